The summed E-state index contributed by atoms with van der Waals surface area (Å²) in [5, 5.41) is 11.8. The Kier molecular flexibility index (Phi) is 2.20. The molecule has 0 saturated heterocycles. The van der Waals surface area contributed by atoms with Crippen LogP contribution in [-0.2, 0) is 10.3 Å². The summed E-state index contributed by atoms with van der Waals surface area (Å²) in [7, 11) is 0. The van der Waals surface area contributed by atoms with Gasteiger partial charge in [0.15, 0.2) is 11.3 Å². The molecule has 0 spiro atoms. The van der Waals surface area contributed by atoms with Crippen LogP contribution in [0.5, 0.6) is 5.75 Å². The van der Waals surface area contributed by atoms with Crippen LogP contribution in [0.4, 0.5) is 0 Å². The number of fused-ring (bicyclic) bond motifs is 2. The summed E-state index contributed by atoms with van der Waals surface area (Å²) in [6.07, 6.45) is 3.20. The van der Waals surface area contributed by atoms with Gasteiger partial charge in [-0.3, -0.25) is 0 Å². The minimum Gasteiger partial charge on any atom is -0.504 e. The Hall–Kier alpha value is -2.52. The summed E-state index contributed by atoms with van der Waals surface area (Å²) in [6, 6.07) is 3.62. The number of carbonyl (C=O) groups excluding carboxylic acids is 1. The lowest BCUT2D eigenvalue weighted by Gasteiger charge is -2.11. The highest BCUT2D eigenvalue weighted by atomic mass is 16.4. The molecule has 0 aliphatic heterocycles. The summed E-state index contributed by atoms with van der Waals surface area (Å²) in [5.41, 5.74) is 1.23. The molecule has 5 heteroatoms. The van der Waals surface area contributed by atoms with Crippen molar-refractivity contribution in [3.05, 3.63) is 29.2 Å². The molecule has 1 N–H and O–H groups in total. The number of isocyanates is 1. The molecular weight excluding hydrogens is 270 g/mol. The van der Waals surface area contributed by atoms with Gasteiger partial charge in [0.1, 0.15) is 22.6 Å². The first-order chi connectivity index (χ1) is 10.1. The monoisotopic (exact) mass is 283 g/mol. The number of aryl methyl sites for hydroxylation is 2. The van der Waals surface area contributed by atoms with Gasteiger partial charge < -0.3 is 13.9 Å². The molecule has 3 aromatic rings. The van der Waals surface area contributed by atoms with Crippen LogP contribution in [0.1, 0.15) is 29.9 Å². The van der Waals surface area contributed by atoms with Crippen molar-refractivity contribution in [3.8, 4) is 5.75 Å². The molecule has 2 aromatic heterocycles. The van der Waals surface area contributed by atoms with E-state index in [4.69, 9.17) is 8.83 Å². The third-order valence-corrected chi connectivity index (χ3v) is 4.13. The van der Waals surface area contributed by atoms with E-state index < -0.39 is 5.54 Å². The number of aromatic hydroxyl groups is 1. The molecule has 1 aliphatic rings. The van der Waals surface area contributed by atoms with Crippen LogP contribution in [-0.4, -0.2) is 11.2 Å². The molecule has 4 rings (SSSR count). The molecule has 0 bridgehead atoms. The van der Waals surface area contributed by atoms with Crippen LogP contribution in [0.2, 0.25) is 0 Å². The van der Waals surface area contributed by atoms with Crippen molar-refractivity contribution < 1.29 is 18.7 Å². The maximum atomic E-state index is 10.8. The van der Waals surface area contributed by atoms with Crippen LogP contribution in [0, 0.1) is 13.8 Å². The maximum Gasteiger partial charge on any atom is 0.235 e. The Morgan fingerprint density at radius 1 is 1.14 bits per heavy atom. The molecule has 5 nitrogen and oxygen atoms in total. The van der Waals surface area contributed by atoms with Gasteiger partial charge >= 0.3 is 0 Å². The summed E-state index contributed by atoms with van der Waals surface area (Å²) in [5.74, 6) is 1.45. The fourth-order valence-electron chi connectivity index (χ4n) is 3.08. The van der Waals surface area contributed by atoms with Gasteiger partial charge in [0.2, 0.25) is 6.08 Å². The zero-order chi connectivity index (χ0) is 14.8. The van der Waals surface area contributed by atoms with E-state index in [2.05, 4.69) is 4.99 Å². The fraction of sp³-hybridized carbons (Fsp3) is 0.312. The van der Waals surface area contributed by atoms with E-state index in [1.165, 1.54) is 0 Å². The number of hydrogen-bond donors (Lipinski definition) is 1. The van der Waals surface area contributed by atoms with E-state index in [0.29, 0.717) is 28.1 Å². The molecule has 0 amide bonds. The lowest BCUT2D eigenvalue weighted by molar-refractivity contribution is 0.466. The molecule has 1 fully saturated rings. The van der Waals surface area contributed by atoms with Gasteiger partial charge in [-0.25, -0.2) is 4.79 Å². The van der Waals surface area contributed by atoms with Gasteiger partial charge in [0.25, 0.3) is 0 Å². The van der Waals surface area contributed by atoms with E-state index in [9.17, 15) is 9.90 Å². The smallest absolute Gasteiger partial charge is 0.235 e. The third-order valence-electron chi connectivity index (χ3n) is 4.13. The van der Waals surface area contributed by atoms with E-state index >= 15 is 0 Å². The van der Waals surface area contributed by atoms with Crippen molar-refractivity contribution in [2.75, 3.05) is 0 Å². The van der Waals surface area contributed by atoms with Gasteiger partial charge in [0, 0.05) is 10.9 Å². The molecule has 1 saturated carbocycles. The van der Waals surface area contributed by atoms with Crippen LogP contribution in [0.25, 0.3) is 21.9 Å². The van der Waals surface area contributed by atoms with Crippen molar-refractivity contribution in [1.82, 2.24) is 0 Å². The van der Waals surface area contributed by atoms with Gasteiger partial charge in [0.05, 0.1) is 5.39 Å². The largest absolute Gasteiger partial charge is 0.504 e. The first kappa shape index (κ1) is 12.2. The van der Waals surface area contributed by atoms with E-state index in [1.807, 2.05) is 19.9 Å². The normalized spacial score (nSPS) is 16.3. The lowest BCUT2D eigenvalue weighted by atomic mass is 9.97. The second-order valence-corrected chi connectivity index (χ2v) is 5.66. The minimum atomic E-state index is -0.591. The topological polar surface area (TPSA) is 75.9 Å². The summed E-state index contributed by atoms with van der Waals surface area (Å²) in [4.78, 5) is 14.8. The number of aliphatic imine (C=N–C) groups is 1. The molecule has 0 radical (unpaired) electrons. The number of rotatable bonds is 2. The van der Waals surface area contributed by atoms with Crippen LogP contribution in [0.15, 0.2) is 26.0 Å². The predicted octanol–water partition coefficient (Wildman–Crippen LogP) is 3.83. The number of phenols is 1. The van der Waals surface area contributed by atoms with E-state index in [1.54, 1.807) is 12.1 Å². The van der Waals surface area contributed by atoms with Crippen LogP contribution in [0.3, 0.4) is 0 Å². The number of furan rings is 2. The highest BCUT2D eigenvalue weighted by molar-refractivity contribution is 6.05. The number of phenolic OH excluding ortho intramolecular Hbond substituents is 1. The van der Waals surface area contributed by atoms with E-state index in [0.717, 1.165) is 23.8 Å². The number of hydrogen-bond acceptors (Lipinski definition) is 5. The van der Waals surface area contributed by atoms with Crippen molar-refractivity contribution in [3.63, 3.8) is 0 Å². The Morgan fingerprint density at radius 2 is 1.76 bits per heavy atom. The maximum absolute atomic E-state index is 10.8. The predicted molar refractivity (Wildman–Crippen MR) is 76.2 cm³/mol. The number of benzene rings is 1. The van der Waals surface area contributed by atoms with Crippen molar-refractivity contribution in [1.29, 1.82) is 0 Å². The van der Waals surface area contributed by atoms with Crippen molar-refractivity contribution in [2.24, 2.45) is 4.99 Å². The zero-order valence-electron chi connectivity index (χ0n) is 11.7. The van der Waals surface area contributed by atoms with Crippen LogP contribution >= 0.6 is 0 Å². The molecule has 1 aromatic carbocycles. The first-order valence-corrected chi connectivity index (χ1v) is 6.80. The second kappa shape index (κ2) is 3.77. The Labute approximate surface area is 119 Å². The molecule has 1 aliphatic carbocycles. The third kappa shape index (κ3) is 1.52. The lowest BCUT2D eigenvalue weighted by Crippen LogP contribution is -2.03. The number of nitrogens with zero attached hydrogens (tertiary/aromatic N) is 1. The average Bonchev–Trinajstić information content (AvgIpc) is 2.92. The molecule has 106 valence electrons. The highest BCUT2D eigenvalue weighted by Gasteiger charge is 2.48. The van der Waals surface area contributed by atoms with Gasteiger partial charge in [-0.2, -0.15) is 4.99 Å². The second-order valence-electron chi connectivity index (χ2n) is 5.66. The van der Waals surface area contributed by atoms with E-state index in [-0.39, 0.29) is 5.75 Å². The standard InChI is InChI=1S/C16H13NO4/c1-8-5-10-12(16(3-4-16)17-7-18)14-11(6-9(2)20-14)13(19)15(10)21-8/h5-6,19H,3-4H2,1-2H3. The molecule has 21 heavy (non-hydrogen) atoms. The van der Waals surface area contributed by atoms with Crippen molar-refractivity contribution in [2.45, 2.75) is 32.2 Å². The summed E-state index contributed by atoms with van der Waals surface area (Å²) in [6.45, 7) is 3.64. The molecule has 0 unspecified atom stereocenters. The zero-order valence-corrected chi connectivity index (χ0v) is 11.7. The molecule has 0 atom stereocenters. The summed E-state index contributed by atoms with van der Waals surface area (Å²) >= 11 is 0. The van der Waals surface area contributed by atoms with Gasteiger partial charge in [-0.05, 0) is 38.8 Å². The minimum absolute atomic E-state index is 0.0691. The average molecular weight is 283 g/mol. The fourth-order valence-corrected chi connectivity index (χ4v) is 3.08. The Morgan fingerprint density at radius 3 is 2.38 bits per heavy atom. The summed E-state index contributed by atoms with van der Waals surface area (Å²) < 4.78 is 11.4. The first-order valence-electron chi connectivity index (χ1n) is 6.80. The Balaban J connectivity index is 2.24. The molecular formula is C16H13NO4. The highest BCUT2D eigenvalue weighted by Crippen LogP contribution is 2.56. The molecule has 2 heterocycles. The van der Waals surface area contributed by atoms with Crippen molar-refractivity contribution >= 4 is 28.0 Å². The SMILES string of the molecule is Cc1cc2c(C3(N=C=O)CC3)c3oc(C)cc3c(O)c2o1. The van der Waals surface area contributed by atoms with Crippen LogP contribution < -0.4 is 0 Å². The Bertz CT molecular complexity index is 879. The van der Waals surface area contributed by atoms with Gasteiger partial charge in [-0.15, -0.1) is 0 Å². The van der Waals surface area contributed by atoms with Gasteiger partial charge in [-0.1, -0.05) is 0 Å². The quantitative estimate of drug-likeness (QED) is 0.573.